The number of hydrogen-bond donors (Lipinski definition) is 0. The maximum atomic E-state index is 13.6. The fourth-order valence-corrected chi connectivity index (χ4v) is 5.55. The number of rotatable bonds is 4. The number of likely N-dealkylation sites (tertiary alicyclic amines) is 1. The molecule has 0 aliphatic carbocycles. The average molecular weight is 463 g/mol. The number of hydrogen-bond acceptors (Lipinski definition) is 5. The molecule has 0 unspecified atom stereocenters. The smallest absolute Gasteiger partial charge is 0.229 e. The Labute approximate surface area is 188 Å². The highest BCUT2D eigenvalue weighted by Crippen LogP contribution is 2.40. The number of aromatic nitrogens is 2. The van der Waals surface area contributed by atoms with Crippen molar-refractivity contribution in [3.8, 4) is 11.4 Å². The molecule has 0 radical (unpaired) electrons. The van der Waals surface area contributed by atoms with Crippen LogP contribution in [-0.2, 0) is 14.8 Å². The van der Waals surface area contributed by atoms with Crippen molar-refractivity contribution in [1.82, 2.24) is 19.2 Å². The van der Waals surface area contributed by atoms with Crippen molar-refractivity contribution in [2.75, 3.05) is 25.9 Å². The monoisotopic (exact) mass is 462 g/mol. The summed E-state index contributed by atoms with van der Waals surface area (Å²) in [4.78, 5) is 24.6. The molecule has 2 aliphatic rings. The first-order valence-corrected chi connectivity index (χ1v) is 12.8. The molecule has 3 heterocycles. The van der Waals surface area contributed by atoms with Gasteiger partial charge in [0.1, 0.15) is 0 Å². The molecular weight excluding hydrogens is 436 g/mol. The Morgan fingerprint density at radius 1 is 1.19 bits per heavy atom. The van der Waals surface area contributed by atoms with Gasteiger partial charge in [-0.25, -0.2) is 22.7 Å². The molecule has 0 bridgehead atoms. The third-order valence-electron chi connectivity index (χ3n) is 6.43. The number of amides is 1. The van der Waals surface area contributed by atoms with Gasteiger partial charge in [0.15, 0.2) is 5.82 Å². The molecule has 9 heteroatoms. The predicted molar refractivity (Wildman–Crippen MR) is 120 cm³/mol. The minimum atomic E-state index is -3.23. The molecule has 2 fully saturated rings. The van der Waals surface area contributed by atoms with Crippen molar-refractivity contribution < 1.29 is 13.2 Å². The molecule has 31 heavy (non-hydrogen) atoms. The normalized spacial score (nSPS) is 21.9. The highest BCUT2D eigenvalue weighted by molar-refractivity contribution is 7.88. The molecule has 7 nitrogen and oxygen atoms in total. The number of piperidine rings is 1. The van der Waals surface area contributed by atoms with Gasteiger partial charge in [-0.05, 0) is 43.9 Å². The van der Waals surface area contributed by atoms with Crippen molar-refractivity contribution in [2.24, 2.45) is 5.41 Å². The molecule has 1 atom stereocenters. The van der Waals surface area contributed by atoms with Crippen LogP contribution in [0.1, 0.15) is 44.3 Å². The Bertz CT molecular complexity index is 1080. The van der Waals surface area contributed by atoms with Gasteiger partial charge in [0, 0.05) is 41.8 Å². The number of nitrogens with zero attached hydrogens (tertiary/aromatic N) is 4. The third-order valence-corrected chi connectivity index (χ3v) is 7.96. The van der Waals surface area contributed by atoms with Crippen LogP contribution in [0.2, 0.25) is 5.02 Å². The molecule has 0 spiro atoms. The molecule has 166 valence electrons. The van der Waals surface area contributed by atoms with Crippen molar-refractivity contribution in [2.45, 2.75) is 38.6 Å². The Kier molecular flexibility index (Phi) is 6.07. The fourth-order valence-electron chi connectivity index (χ4n) is 4.51. The van der Waals surface area contributed by atoms with Crippen LogP contribution in [0.5, 0.6) is 0 Å². The molecule has 1 aromatic carbocycles. The summed E-state index contributed by atoms with van der Waals surface area (Å²) < 4.78 is 25.1. The largest absolute Gasteiger partial charge is 0.334 e. The van der Waals surface area contributed by atoms with E-state index < -0.39 is 15.4 Å². The lowest BCUT2D eigenvalue weighted by atomic mass is 9.79. The highest BCUT2D eigenvalue weighted by Gasteiger charge is 2.44. The van der Waals surface area contributed by atoms with Crippen LogP contribution in [0.4, 0.5) is 0 Å². The van der Waals surface area contributed by atoms with Crippen LogP contribution in [0.3, 0.4) is 0 Å². The fraction of sp³-hybridized carbons (Fsp3) is 0.500. The zero-order chi connectivity index (χ0) is 22.2. The molecule has 2 aliphatic heterocycles. The van der Waals surface area contributed by atoms with Gasteiger partial charge in [-0.2, -0.15) is 0 Å². The minimum absolute atomic E-state index is 0.0890. The van der Waals surface area contributed by atoms with Crippen LogP contribution >= 0.6 is 11.6 Å². The first kappa shape index (κ1) is 22.2. The zero-order valence-corrected chi connectivity index (χ0v) is 19.4. The van der Waals surface area contributed by atoms with Gasteiger partial charge in [-0.15, -0.1) is 0 Å². The van der Waals surface area contributed by atoms with E-state index in [1.807, 2.05) is 42.2 Å². The molecule has 1 amide bonds. The van der Waals surface area contributed by atoms with Crippen LogP contribution in [0.25, 0.3) is 11.4 Å². The van der Waals surface area contributed by atoms with Crippen molar-refractivity contribution in [1.29, 1.82) is 0 Å². The standard InChI is InChI=1S/C22H27ClN4O3S/c1-22(9-13-26(14-10-22)31(2,29)30)21(28)27-12-4-7-19(27)18-8-11-24-20(25-18)16-5-3-6-17(23)15-16/h3,5-6,8,11,15,19H,4,7,9-10,12-14H2,1-2H3/t19-/m0/s1. The predicted octanol–water partition coefficient (Wildman–Crippen LogP) is 3.52. The highest BCUT2D eigenvalue weighted by atomic mass is 35.5. The summed E-state index contributed by atoms with van der Waals surface area (Å²) in [7, 11) is -3.23. The van der Waals surface area contributed by atoms with Crippen molar-refractivity contribution in [3.05, 3.63) is 47.2 Å². The van der Waals surface area contributed by atoms with Crippen LogP contribution in [-0.4, -0.2) is 59.4 Å². The molecule has 0 saturated carbocycles. The lowest BCUT2D eigenvalue weighted by molar-refractivity contribution is -0.144. The molecule has 2 aromatic rings. The summed E-state index contributed by atoms with van der Waals surface area (Å²) in [6, 6.07) is 9.19. The summed E-state index contributed by atoms with van der Waals surface area (Å²) >= 11 is 6.12. The average Bonchev–Trinajstić information content (AvgIpc) is 3.23. The first-order valence-electron chi connectivity index (χ1n) is 10.5. The van der Waals surface area contributed by atoms with Crippen LogP contribution < -0.4 is 0 Å². The summed E-state index contributed by atoms with van der Waals surface area (Å²) in [6.07, 6.45) is 5.77. The number of halogens is 1. The van der Waals surface area contributed by atoms with Crippen molar-refractivity contribution >= 4 is 27.5 Å². The molecule has 2 saturated heterocycles. The van der Waals surface area contributed by atoms with E-state index >= 15 is 0 Å². The van der Waals surface area contributed by atoms with Crippen LogP contribution in [0, 0.1) is 5.41 Å². The van der Waals surface area contributed by atoms with E-state index in [0.717, 1.165) is 24.1 Å². The second-order valence-electron chi connectivity index (χ2n) is 8.69. The third kappa shape index (κ3) is 4.61. The quantitative estimate of drug-likeness (QED) is 0.694. The Balaban J connectivity index is 1.54. The molecule has 4 rings (SSSR count). The van der Waals surface area contributed by atoms with E-state index in [4.69, 9.17) is 16.6 Å². The maximum Gasteiger partial charge on any atom is 0.229 e. The summed E-state index contributed by atoms with van der Waals surface area (Å²) in [5.41, 5.74) is 1.10. The number of carbonyl (C=O) groups excluding carboxylic acids is 1. The van der Waals surface area contributed by atoms with E-state index in [-0.39, 0.29) is 11.9 Å². The summed E-state index contributed by atoms with van der Waals surface area (Å²) in [5, 5.41) is 0.623. The topological polar surface area (TPSA) is 83.5 Å². The number of sulfonamides is 1. The van der Waals surface area contributed by atoms with E-state index in [1.54, 1.807) is 6.20 Å². The molecule has 0 N–H and O–H groups in total. The second-order valence-corrected chi connectivity index (χ2v) is 11.1. The van der Waals surface area contributed by atoms with E-state index in [1.165, 1.54) is 10.6 Å². The van der Waals surface area contributed by atoms with E-state index in [0.29, 0.717) is 43.3 Å². The van der Waals surface area contributed by atoms with Gasteiger partial charge < -0.3 is 4.90 Å². The van der Waals surface area contributed by atoms with E-state index in [9.17, 15) is 13.2 Å². The van der Waals surface area contributed by atoms with Gasteiger partial charge in [-0.1, -0.05) is 30.7 Å². The van der Waals surface area contributed by atoms with Gasteiger partial charge in [0.2, 0.25) is 15.9 Å². The van der Waals surface area contributed by atoms with Gasteiger partial charge in [0.05, 0.1) is 18.0 Å². The minimum Gasteiger partial charge on any atom is -0.334 e. The molecular formula is C22H27ClN4O3S. The maximum absolute atomic E-state index is 13.6. The van der Waals surface area contributed by atoms with Crippen molar-refractivity contribution in [3.63, 3.8) is 0 Å². The number of benzene rings is 1. The van der Waals surface area contributed by atoms with Gasteiger partial charge >= 0.3 is 0 Å². The lowest BCUT2D eigenvalue weighted by Crippen LogP contribution is -2.49. The van der Waals surface area contributed by atoms with Gasteiger partial charge in [-0.3, -0.25) is 4.79 Å². The lowest BCUT2D eigenvalue weighted by Gasteiger charge is -2.40. The van der Waals surface area contributed by atoms with Gasteiger partial charge in [0.25, 0.3) is 0 Å². The Hall–Kier alpha value is -2.03. The Morgan fingerprint density at radius 2 is 1.94 bits per heavy atom. The zero-order valence-electron chi connectivity index (χ0n) is 17.8. The Morgan fingerprint density at radius 3 is 2.61 bits per heavy atom. The molecule has 1 aromatic heterocycles. The summed E-state index contributed by atoms with van der Waals surface area (Å²) in [5.74, 6) is 0.679. The van der Waals surface area contributed by atoms with E-state index in [2.05, 4.69) is 4.98 Å². The number of carbonyl (C=O) groups is 1. The SMILES string of the molecule is CC1(C(=O)N2CCC[C@H]2c2ccnc(-c3cccc(Cl)c3)n2)CCN(S(C)(=O)=O)CC1. The first-order chi connectivity index (χ1) is 14.7. The van der Waals surface area contributed by atoms with Crippen LogP contribution in [0.15, 0.2) is 36.5 Å². The second kappa shape index (κ2) is 8.48. The summed E-state index contributed by atoms with van der Waals surface area (Å²) in [6.45, 7) is 3.41.